The van der Waals surface area contributed by atoms with Gasteiger partial charge >= 0.3 is 0 Å². The molecule has 0 saturated heterocycles. The second-order valence-corrected chi connectivity index (χ2v) is 5.20. The number of fused-ring (bicyclic) bond motifs is 1. The van der Waals surface area contributed by atoms with E-state index in [1.807, 2.05) is 6.92 Å². The number of rotatable bonds is 5. The topological polar surface area (TPSA) is 39.7 Å². The Morgan fingerprint density at radius 3 is 3.00 bits per heavy atom. The van der Waals surface area contributed by atoms with Crippen LogP contribution in [0.2, 0.25) is 0 Å². The van der Waals surface area contributed by atoms with Crippen molar-refractivity contribution in [2.24, 2.45) is 4.99 Å². The zero-order valence-corrected chi connectivity index (χ0v) is 12.9. The quantitative estimate of drug-likeness (QED) is 0.490. The fourth-order valence-electron chi connectivity index (χ4n) is 2.62. The minimum Gasteiger partial charge on any atom is -0.366 e. The fourth-order valence-corrected chi connectivity index (χ4v) is 2.62. The van der Waals surface area contributed by atoms with Gasteiger partial charge in [0.15, 0.2) is 5.96 Å². The second-order valence-electron chi connectivity index (χ2n) is 5.20. The number of benzene rings is 1. The van der Waals surface area contributed by atoms with Crippen LogP contribution in [0.25, 0.3) is 0 Å². The zero-order valence-electron chi connectivity index (χ0n) is 12.9. The lowest BCUT2D eigenvalue weighted by molar-refractivity contribution is 0.659. The lowest BCUT2D eigenvalue weighted by atomic mass is 10.2. The number of hydrogen-bond donors (Lipinski definition) is 2. The third-order valence-electron chi connectivity index (χ3n) is 3.67. The van der Waals surface area contributed by atoms with Gasteiger partial charge in [0.25, 0.3) is 0 Å². The molecule has 0 spiro atoms. The Hall–Kier alpha value is -2.15. The number of anilines is 1. The van der Waals surface area contributed by atoms with Crippen LogP contribution >= 0.6 is 0 Å². The number of nitrogens with zero attached hydrogens (tertiary/aromatic N) is 2. The number of aliphatic imine (C=N–C) groups is 1. The summed E-state index contributed by atoms with van der Waals surface area (Å²) in [5.74, 6) is 3.36. The maximum absolute atomic E-state index is 5.28. The maximum Gasteiger partial charge on any atom is 0.192 e. The number of nitrogens with one attached hydrogen (secondary N) is 2. The molecule has 0 aliphatic carbocycles. The van der Waals surface area contributed by atoms with Crippen LogP contribution in [0, 0.1) is 12.3 Å². The maximum atomic E-state index is 5.28. The largest absolute Gasteiger partial charge is 0.366 e. The molecule has 1 aromatic carbocycles. The predicted molar refractivity (Wildman–Crippen MR) is 89.8 cm³/mol. The summed E-state index contributed by atoms with van der Waals surface area (Å²) in [6.45, 7) is 7.41. The normalized spacial score (nSPS) is 15.3. The molecule has 4 nitrogen and oxygen atoms in total. The summed E-state index contributed by atoms with van der Waals surface area (Å²) >= 11 is 0. The van der Waals surface area contributed by atoms with Gasteiger partial charge in [-0.25, -0.2) is 0 Å². The van der Waals surface area contributed by atoms with Crippen molar-refractivity contribution in [3.8, 4) is 12.3 Å². The average molecular weight is 284 g/mol. The third kappa shape index (κ3) is 3.91. The SMILES string of the molecule is C#CCNC(=NCC(C)N1CCc2ccccc21)NCC. The lowest BCUT2D eigenvalue weighted by Gasteiger charge is -2.26. The van der Waals surface area contributed by atoms with Gasteiger partial charge in [-0.3, -0.25) is 4.99 Å². The van der Waals surface area contributed by atoms with Crippen LogP contribution in [-0.2, 0) is 6.42 Å². The molecule has 21 heavy (non-hydrogen) atoms. The van der Waals surface area contributed by atoms with Gasteiger partial charge in [-0.2, -0.15) is 0 Å². The first-order valence-corrected chi connectivity index (χ1v) is 7.56. The monoisotopic (exact) mass is 284 g/mol. The van der Waals surface area contributed by atoms with Crippen molar-refractivity contribution in [1.29, 1.82) is 0 Å². The predicted octanol–water partition coefficient (Wildman–Crippen LogP) is 1.63. The van der Waals surface area contributed by atoms with Gasteiger partial charge in [0.1, 0.15) is 0 Å². The fraction of sp³-hybridized carbons (Fsp3) is 0.471. The van der Waals surface area contributed by atoms with Gasteiger partial charge in [0, 0.05) is 24.8 Å². The molecule has 1 aromatic rings. The molecule has 1 heterocycles. The van der Waals surface area contributed by atoms with Crippen molar-refractivity contribution in [2.45, 2.75) is 26.3 Å². The number of para-hydroxylation sites is 1. The van der Waals surface area contributed by atoms with Crippen LogP contribution in [0.3, 0.4) is 0 Å². The molecule has 4 heteroatoms. The first kappa shape index (κ1) is 15.2. The molecular formula is C17H24N4. The van der Waals surface area contributed by atoms with Crippen molar-refractivity contribution in [1.82, 2.24) is 10.6 Å². The molecule has 0 fully saturated rings. The molecule has 0 saturated carbocycles. The number of terminal acetylenes is 1. The minimum atomic E-state index is 0.370. The summed E-state index contributed by atoms with van der Waals surface area (Å²) in [7, 11) is 0. The van der Waals surface area contributed by atoms with Crippen LogP contribution in [0.15, 0.2) is 29.3 Å². The zero-order chi connectivity index (χ0) is 15.1. The third-order valence-corrected chi connectivity index (χ3v) is 3.67. The van der Waals surface area contributed by atoms with Gasteiger partial charge in [-0.05, 0) is 31.9 Å². The van der Waals surface area contributed by atoms with Crippen LogP contribution in [0.1, 0.15) is 19.4 Å². The van der Waals surface area contributed by atoms with Crippen molar-refractivity contribution in [2.75, 3.05) is 31.1 Å². The Balaban J connectivity index is 1.98. The minimum absolute atomic E-state index is 0.370. The molecular weight excluding hydrogens is 260 g/mol. The van der Waals surface area contributed by atoms with E-state index < -0.39 is 0 Å². The summed E-state index contributed by atoms with van der Waals surface area (Å²) in [6, 6.07) is 8.99. The molecule has 2 N–H and O–H groups in total. The number of guanidine groups is 1. The van der Waals surface area contributed by atoms with E-state index in [1.54, 1.807) is 0 Å². The van der Waals surface area contributed by atoms with E-state index in [9.17, 15) is 0 Å². The molecule has 1 aliphatic rings. The van der Waals surface area contributed by atoms with Crippen molar-refractivity contribution in [3.63, 3.8) is 0 Å². The molecule has 1 atom stereocenters. The van der Waals surface area contributed by atoms with Gasteiger partial charge < -0.3 is 15.5 Å². The van der Waals surface area contributed by atoms with Gasteiger partial charge in [-0.1, -0.05) is 24.1 Å². The highest BCUT2D eigenvalue weighted by Gasteiger charge is 2.22. The van der Waals surface area contributed by atoms with E-state index in [4.69, 9.17) is 6.42 Å². The van der Waals surface area contributed by atoms with E-state index in [0.717, 1.165) is 32.0 Å². The Labute approximate surface area is 127 Å². The molecule has 0 bridgehead atoms. The highest BCUT2D eigenvalue weighted by atomic mass is 15.2. The Morgan fingerprint density at radius 2 is 2.24 bits per heavy atom. The van der Waals surface area contributed by atoms with Crippen molar-refractivity contribution in [3.05, 3.63) is 29.8 Å². The summed E-state index contributed by atoms with van der Waals surface area (Å²) < 4.78 is 0. The van der Waals surface area contributed by atoms with Gasteiger partial charge in [0.05, 0.1) is 13.1 Å². The smallest absolute Gasteiger partial charge is 0.192 e. The molecule has 112 valence electrons. The molecule has 1 aliphatic heterocycles. The Morgan fingerprint density at radius 1 is 1.43 bits per heavy atom. The molecule has 1 unspecified atom stereocenters. The Kier molecular flexibility index (Phi) is 5.51. The standard InChI is InChI=1S/C17H24N4/c1-4-11-19-17(18-5-2)20-13-14(3)21-12-10-15-8-6-7-9-16(15)21/h1,6-9,14H,5,10-13H2,2-3H3,(H2,18,19,20). The molecule has 0 amide bonds. The molecule has 2 rings (SSSR count). The average Bonchev–Trinajstić information content (AvgIpc) is 2.94. The van der Waals surface area contributed by atoms with E-state index in [1.165, 1.54) is 11.3 Å². The highest BCUT2D eigenvalue weighted by molar-refractivity contribution is 5.80. The van der Waals surface area contributed by atoms with Crippen molar-refractivity contribution >= 4 is 11.6 Å². The van der Waals surface area contributed by atoms with E-state index in [-0.39, 0.29) is 0 Å². The van der Waals surface area contributed by atoms with Crippen molar-refractivity contribution < 1.29 is 0 Å². The van der Waals surface area contributed by atoms with Crippen LogP contribution in [0.4, 0.5) is 5.69 Å². The lowest BCUT2D eigenvalue weighted by Crippen LogP contribution is -2.39. The Bertz CT molecular complexity index is 530. The van der Waals surface area contributed by atoms with Gasteiger partial charge in [0.2, 0.25) is 0 Å². The second kappa shape index (κ2) is 7.58. The molecule has 0 aromatic heterocycles. The highest BCUT2D eigenvalue weighted by Crippen LogP contribution is 2.29. The summed E-state index contributed by atoms with van der Waals surface area (Å²) in [4.78, 5) is 7.06. The van der Waals surface area contributed by atoms with Crippen LogP contribution < -0.4 is 15.5 Å². The first-order chi connectivity index (χ1) is 10.3. The molecule has 0 radical (unpaired) electrons. The van der Waals surface area contributed by atoms with E-state index in [2.05, 4.69) is 57.6 Å². The van der Waals surface area contributed by atoms with Crippen LogP contribution in [0.5, 0.6) is 0 Å². The van der Waals surface area contributed by atoms with E-state index in [0.29, 0.717) is 12.6 Å². The van der Waals surface area contributed by atoms with E-state index >= 15 is 0 Å². The first-order valence-electron chi connectivity index (χ1n) is 7.56. The summed E-state index contributed by atoms with van der Waals surface area (Å²) in [5.41, 5.74) is 2.78. The number of hydrogen-bond acceptors (Lipinski definition) is 2. The van der Waals surface area contributed by atoms with Gasteiger partial charge in [-0.15, -0.1) is 6.42 Å². The van der Waals surface area contributed by atoms with Crippen LogP contribution in [-0.4, -0.2) is 38.2 Å². The summed E-state index contributed by atoms with van der Waals surface area (Å²) in [6.07, 6.45) is 6.40. The summed E-state index contributed by atoms with van der Waals surface area (Å²) in [5, 5.41) is 6.33.